The van der Waals surface area contributed by atoms with Crippen molar-refractivity contribution < 1.29 is 0 Å². The first-order valence-electron chi connectivity index (χ1n) is 5.55. The Labute approximate surface area is 85.3 Å². The molecule has 1 aromatic heterocycles. The molecule has 3 heteroatoms. The Morgan fingerprint density at radius 1 is 1.50 bits per heavy atom. The predicted molar refractivity (Wildman–Crippen MR) is 58.7 cm³/mol. The summed E-state index contributed by atoms with van der Waals surface area (Å²) in [5.41, 5.74) is 2.76. The van der Waals surface area contributed by atoms with Gasteiger partial charge in [0.05, 0.1) is 0 Å². The molecule has 0 bridgehead atoms. The van der Waals surface area contributed by atoms with Crippen LogP contribution in [0.1, 0.15) is 44.4 Å². The number of rotatable bonds is 2. The molecule has 1 aliphatic rings. The highest BCUT2D eigenvalue weighted by atomic mass is 15.2. The van der Waals surface area contributed by atoms with Crippen LogP contribution in [0.2, 0.25) is 0 Å². The summed E-state index contributed by atoms with van der Waals surface area (Å²) in [5, 5.41) is 10.8. The smallest absolute Gasteiger partial charge is 0.151 e. The van der Waals surface area contributed by atoms with E-state index >= 15 is 0 Å². The Balaban J connectivity index is 2.30. The molecule has 1 aliphatic carbocycles. The van der Waals surface area contributed by atoms with E-state index < -0.39 is 0 Å². The largest absolute Gasteiger partial charge is 0.369 e. The van der Waals surface area contributed by atoms with Gasteiger partial charge in [0.25, 0.3) is 0 Å². The molecule has 2 atom stereocenters. The highest BCUT2D eigenvalue weighted by Gasteiger charge is 2.26. The van der Waals surface area contributed by atoms with Gasteiger partial charge in [-0.25, -0.2) is 0 Å². The number of aromatic amines is 1. The van der Waals surface area contributed by atoms with Crippen molar-refractivity contribution in [1.29, 1.82) is 0 Å². The van der Waals surface area contributed by atoms with Gasteiger partial charge in [-0.2, -0.15) is 5.10 Å². The summed E-state index contributed by atoms with van der Waals surface area (Å²) in [7, 11) is 0. The normalized spacial score (nSPS) is 25.9. The molecule has 0 radical (unpaired) electrons. The van der Waals surface area contributed by atoms with Gasteiger partial charge in [-0.1, -0.05) is 13.8 Å². The summed E-state index contributed by atoms with van der Waals surface area (Å²) in [6, 6.07) is 0. The molecule has 0 amide bonds. The van der Waals surface area contributed by atoms with E-state index in [1.807, 2.05) is 0 Å². The van der Waals surface area contributed by atoms with Crippen LogP contribution in [0.15, 0.2) is 0 Å². The first kappa shape index (κ1) is 9.56. The molecular formula is C11H19N3. The van der Waals surface area contributed by atoms with Gasteiger partial charge < -0.3 is 5.32 Å². The van der Waals surface area contributed by atoms with Crippen molar-refractivity contribution in [2.75, 3.05) is 11.9 Å². The zero-order chi connectivity index (χ0) is 10.1. The Morgan fingerprint density at radius 3 is 3.00 bits per heavy atom. The van der Waals surface area contributed by atoms with E-state index in [0.29, 0.717) is 5.92 Å². The quantitative estimate of drug-likeness (QED) is 0.757. The second-order valence-corrected chi connectivity index (χ2v) is 4.30. The molecule has 2 rings (SSSR count). The summed E-state index contributed by atoms with van der Waals surface area (Å²) in [5.74, 6) is 2.47. The van der Waals surface area contributed by atoms with Gasteiger partial charge in [0.1, 0.15) is 0 Å². The number of anilines is 1. The van der Waals surface area contributed by atoms with Crippen molar-refractivity contribution in [3.05, 3.63) is 11.3 Å². The molecule has 3 nitrogen and oxygen atoms in total. The van der Waals surface area contributed by atoms with Gasteiger partial charge in [0.15, 0.2) is 5.82 Å². The van der Waals surface area contributed by atoms with E-state index in [1.54, 1.807) is 0 Å². The van der Waals surface area contributed by atoms with E-state index in [4.69, 9.17) is 0 Å². The molecule has 1 aromatic rings. The van der Waals surface area contributed by atoms with Gasteiger partial charge >= 0.3 is 0 Å². The molecule has 0 spiro atoms. The van der Waals surface area contributed by atoms with Crippen molar-refractivity contribution in [1.82, 2.24) is 10.2 Å². The Kier molecular flexibility index (Phi) is 2.48. The Bertz CT molecular complexity index is 316. The van der Waals surface area contributed by atoms with Gasteiger partial charge in [-0.3, -0.25) is 5.10 Å². The number of H-pyrrole nitrogens is 1. The van der Waals surface area contributed by atoms with Gasteiger partial charge in [0, 0.05) is 23.7 Å². The van der Waals surface area contributed by atoms with Crippen LogP contribution >= 0.6 is 0 Å². The maximum absolute atomic E-state index is 4.34. The van der Waals surface area contributed by atoms with Crippen molar-refractivity contribution >= 4 is 5.82 Å². The number of hydrogen-bond acceptors (Lipinski definition) is 2. The summed E-state index contributed by atoms with van der Waals surface area (Å²) in [6.07, 6.45) is 2.45. The summed E-state index contributed by atoms with van der Waals surface area (Å²) < 4.78 is 0. The zero-order valence-electron chi connectivity index (χ0n) is 9.22. The molecule has 0 aliphatic heterocycles. The first-order valence-corrected chi connectivity index (χ1v) is 5.55. The number of aromatic nitrogens is 2. The van der Waals surface area contributed by atoms with Crippen molar-refractivity contribution in [3.8, 4) is 0 Å². The van der Waals surface area contributed by atoms with Crippen LogP contribution in [-0.4, -0.2) is 16.7 Å². The molecule has 0 fully saturated rings. The van der Waals surface area contributed by atoms with E-state index in [-0.39, 0.29) is 0 Å². The fraction of sp³-hybridized carbons (Fsp3) is 0.727. The molecule has 78 valence electrons. The molecule has 1 heterocycles. The van der Waals surface area contributed by atoms with Crippen LogP contribution in [0.5, 0.6) is 0 Å². The third-order valence-electron chi connectivity index (χ3n) is 3.40. The van der Waals surface area contributed by atoms with Gasteiger partial charge in [-0.05, 0) is 25.7 Å². The molecule has 2 unspecified atom stereocenters. The van der Waals surface area contributed by atoms with Crippen molar-refractivity contribution in [3.63, 3.8) is 0 Å². The van der Waals surface area contributed by atoms with Gasteiger partial charge in [-0.15, -0.1) is 0 Å². The van der Waals surface area contributed by atoms with Crippen LogP contribution < -0.4 is 5.32 Å². The SMILES string of the molecule is CCNc1n[nH]c2c1CCC(C)C2C. The summed E-state index contributed by atoms with van der Waals surface area (Å²) in [4.78, 5) is 0. The van der Waals surface area contributed by atoms with Crippen LogP contribution in [0.25, 0.3) is 0 Å². The number of fused-ring (bicyclic) bond motifs is 1. The number of hydrogen-bond donors (Lipinski definition) is 2. The molecule has 14 heavy (non-hydrogen) atoms. The van der Waals surface area contributed by atoms with Crippen molar-refractivity contribution in [2.24, 2.45) is 5.92 Å². The summed E-state index contributed by atoms with van der Waals surface area (Å²) in [6.45, 7) is 7.66. The average Bonchev–Trinajstić information content (AvgIpc) is 2.57. The summed E-state index contributed by atoms with van der Waals surface area (Å²) >= 11 is 0. The fourth-order valence-electron chi connectivity index (χ4n) is 2.23. The molecule has 0 aromatic carbocycles. The standard InChI is InChI=1S/C11H19N3/c1-4-12-11-9-6-5-7(2)8(3)10(9)13-14-11/h7-8H,4-6H2,1-3H3,(H2,12,13,14). The van der Waals surface area contributed by atoms with E-state index in [0.717, 1.165) is 18.3 Å². The van der Waals surface area contributed by atoms with E-state index in [1.165, 1.54) is 24.1 Å². The van der Waals surface area contributed by atoms with Crippen LogP contribution in [-0.2, 0) is 6.42 Å². The minimum atomic E-state index is 0.624. The minimum absolute atomic E-state index is 0.624. The lowest BCUT2D eigenvalue weighted by Crippen LogP contribution is -2.16. The van der Waals surface area contributed by atoms with E-state index in [2.05, 4.69) is 36.3 Å². The van der Waals surface area contributed by atoms with Crippen molar-refractivity contribution in [2.45, 2.75) is 39.5 Å². The first-order chi connectivity index (χ1) is 6.74. The molecule has 0 saturated heterocycles. The maximum Gasteiger partial charge on any atom is 0.151 e. The number of nitrogens with one attached hydrogen (secondary N) is 2. The lowest BCUT2D eigenvalue weighted by atomic mass is 9.81. The van der Waals surface area contributed by atoms with Crippen LogP contribution in [0.4, 0.5) is 5.82 Å². The topological polar surface area (TPSA) is 40.7 Å². The maximum atomic E-state index is 4.34. The highest BCUT2D eigenvalue weighted by Crippen LogP contribution is 2.37. The average molecular weight is 193 g/mol. The third kappa shape index (κ3) is 1.41. The van der Waals surface area contributed by atoms with E-state index in [9.17, 15) is 0 Å². The highest BCUT2D eigenvalue weighted by molar-refractivity contribution is 5.48. The lowest BCUT2D eigenvalue weighted by Gasteiger charge is -2.25. The lowest BCUT2D eigenvalue weighted by molar-refractivity contribution is 0.419. The van der Waals surface area contributed by atoms with Crippen LogP contribution in [0.3, 0.4) is 0 Å². The fourth-order valence-corrected chi connectivity index (χ4v) is 2.23. The number of nitrogens with zero attached hydrogens (tertiary/aromatic N) is 1. The monoisotopic (exact) mass is 193 g/mol. The second-order valence-electron chi connectivity index (χ2n) is 4.30. The Morgan fingerprint density at radius 2 is 2.29 bits per heavy atom. The Hall–Kier alpha value is -0.990. The van der Waals surface area contributed by atoms with Crippen LogP contribution in [0, 0.1) is 5.92 Å². The van der Waals surface area contributed by atoms with Gasteiger partial charge in [0.2, 0.25) is 0 Å². The third-order valence-corrected chi connectivity index (χ3v) is 3.40. The molecule has 2 N–H and O–H groups in total. The predicted octanol–water partition coefficient (Wildman–Crippen LogP) is 2.53. The zero-order valence-corrected chi connectivity index (χ0v) is 9.22. The molecular weight excluding hydrogens is 174 g/mol. The minimum Gasteiger partial charge on any atom is -0.369 e. The molecule has 0 saturated carbocycles. The second kappa shape index (κ2) is 3.64.